The predicted molar refractivity (Wildman–Crippen MR) is 77.7 cm³/mol. The van der Waals surface area contributed by atoms with E-state index < -0.39 is 5.54 Å². The van der Waals surface area contributed by atoms with E-state index in [-0.39, 0.29) is 11.8 Å². The predicted octanol–water partition coefficient (Wildman–Crippen LogP) is 3.55. The van der Waals surface area contributed by atoms with Gasteiger partial charge in [-0.15, -0.1) is 0 Å². The number of rotatable bonds is 2. The second kappa shape index (κ2) is 5.76. The van der Waals surface area contributed by atoms with E-state index in [2.05, 4.69) is 11.4 Å². The van der Waals surface area contributed by atoms with Gasteiger partial charge in [0.15, 0.2) is 0 Å². The Hall–Kier alpha value is -1.04. The molecule has 0 heterocycles. The van der Waals surface area contributed by atoms with Crippen molar-refractivity contribution in [1.82, 2.24) is 5.32 Å². The lowest BCUT2D eigenvalue weighted by molar-refractivity contribution is -0.124. The summed E-state index contributed by atoms with van der Waals surface area (Å²) in [6.07, 6.45) is 12.5. The number of nitriles is 1. The first-order valence-electron chi connectivity index (χ1n) is 8.49. The number of amides is 1. The van der Waals surface area contributed by atoms with Crippen molar-refractivity contribution in [2.75, 3.05) is 0 Å². The summed E-state index contributed by atoms with van der Waals surface area (Å²) in [6, 6.07) is 2.45. The van der Waals surface area contributed by atoms with Gasteiger partial charge in [0.2, 0.25) is 5.91 Å². The first kappa shape index (κ1) is 13.9. The number of nitrogens with zero attached hydrogens (tertiary/aromatic N) is 1. The number of fused-ring (bicyclic) bond motifs is 1. The van der Waals surface area contributed by atoms with Crippen LogP contribution < -0.4 is 5.32 Å². The average molecular weight is 274 g/mol. The molecule has 0 spiro atoms. The van der Waals surface area contributed by atoms with Crippen LogP contribution in [0.3, 0.4) is 0 Å². The van der Waals surface area contributed by atoms with Crippen molar-refractivity contribution in [2.45, 2.75) is 76.2 Å². The first-order valence-corrected chi connectivity index (χ1v) is 8.49. The Kier molecular flexibility index (Phi) is 4.01. The van der Waals surface area contributed by atoms with Crippen LogP contribution in [0.15, 0.2) is 0 Å². The quantitative estimate of drug-likeness (QED) is 0.837. The molecule has 0 aromatic heterocycles. The van der Waals surface area contributed by atoms with Crippen LogP contribution in [0.1, 0.15) is 70.6 Å². The highest BCUT2D eigenvalue weighted by Gasteiger charge is 2.55. The summed E-state index contributed by atoms with van der Waals surface area (Å²) in [7, 11) is 0. The lowest BCUT2D eigenvalue weighted by Crippen LogP contribution is -2.48. The van der Waals surface area contributed by atoms with Gasteiger partial charge in [-0.2, -0.15) is 5.26 Å². The molecule has 3 aliphatic rings. The standard InChI is InChI=1S/C17H26N2O/c18-12-17(10-6-2-1-3-7-11-17)19-16(20)15-13-8-4-5-9-14(13)15/h13-15H,1-11H2,(H,19,20). The molecule has 0 saturated heterocycles. The van der Waals surface area contributed by atoms with E-state index in [1.165, 1.54) is 44.9 Å². The van der Waals surface area contributed by atoms with E-state index in [1.54, 1.807) is 0 Å². The molecule has 110 valence electrons. The smallest absolute Gasteiger partial charge is 0.224 e. The van der Waals surface area contributed by atoms with Gasteiger partial charge in [0.05, 0.1) is 6.07 Å². The SMILES string of the molecule is N#CC1(NC(=O)C2C3CCCCC32)CCCCCCC1. The third-order valence-corrected chi connectivity index (χ3v) is 5.74. The third kappa shape index (κ3) is 2.71. The Labute approximate surface area is 122 Å². The third-order valence-electron chi connectivity index (χ3n) is 5.74. The Morgan fingerprint density at radius 2 is 1.50 bits per heavy atom. The maximum absolute atomic E-state index is 12.5. The molecule has 0 aromatic carbocycles. The van der Waals surface area contributed by atoms with E-state index in [0.29, 0.717) is 11.8 Å². The molecule has 0 aliphatic heterocycles. The van der Waals surface area contributed by atoms with Gasteiger partial charge < -0.3 is 5.32 Å². The van der Waals surface area contributed by atoms with Crippen LogP contribution in [-0.4, -0.2) is 11.4 Å². The highest BCUT2D eigenvalue weighted by molar-refractivity contribution is 5.83. The molecular formula is C17H26N2O. The van der Waals surface area contributed by atoms with Crippen LogP contribution in [0, 0.1) is 29.1 Å². The lowest BCUT2D eigenvalue weighted by Gasteiger charge is -2.30. The lowest BCUT2D eigenvalue weighted by atomic mass is 9.85. The van der Waals surface area contributed by atoms with Crippen LogP contribution in [0.2, 0.25) is 0 Å². The molecule has 1 N–H and O–H groups in total. The van der Waals surface area contributed by atoms with Crippen molar-refractivity contribution >= 4 is 5.91 Å². The number of carbonyl (C=O) groups is 1. The van der Waals surface area contributed by atoms with Crippen LogP contribution in [0.5, 0.6) is 0 Å². The van der Waals surface area contributed by atoms with E-state index in [0.717, 1.165) is 25.7 Å². The summed E-state index contributed by atoms with van der Waals surface area (Å²) in [5, 5.41) is 12.8. The molecule has 3 aliphatic carbocycles. The van der Waals surface area contributed by atoms with Crippen LogP contribution >= 0.6 is 0 Å². The molecule has 0 radical (unpaired) electrons. The van der Waals surface area contributed by atoms with E-state index in [4.69, 9.17) is 0 Å². The van der Waals surface area contributed by atoms with Crippen LogP contribution in [0.4, 0.5) is 0 Å². The normalized spacial score (nSPS) is 35.9. The minimum Gasteiger partial charge on any atom is -0.338 e. The van der Waals surface area contributed by atoms with E-state index >= 15 is 0 Å². The van der Waals surface area contributed by atoms with Crippen LogP contribution in [0.25, 0.3) is 0 Å². The Morgan fingerprint density at radius 3 is 2.05 bits per heavy atom. The summed E-state index contributed by atoms with van der Waals surface area (Å²) in [6.45, 7) is 0. The van der Waals surface area contributed by atoms with Gasteiger partial charge in [-0.3, -0.25) is 4.79 Å². The molecule has 3 nitrogen and oxygen atoms in total. The van der Waals surface area contributed by atoms with Gasteiger partial charge in [-0.25, -0.2) is 0 Å². The minimum atomic E-state index is -0.566. The van der Waals surface area contributed by atoms with Gasteiger partial charge in [-0.1, -0.05) is 44.9 Å². The molecule has 3 saturated carbocycles. The largest absolute Gasteiger partial charge is 0.338 e. The van der Waals surface area contributed by atoms with Gasteiger partial charge in [-0.05, 0) is 37.5 Å². The van der Waals surface area contributed by atoms with E-state index in [9.17, 15) is 10.1 Å². The van der Waals surface area contributed by atoms with Gasteiger partial charge in [0.25, 0.3) is 0 Å². The molecule has 20 heavy (non-hydrogen) atoms. The average Bonchev–Trinajstić information content (AvgIpc) is 3.16. The molecule has 0 aromatic rings. The highest BCUT2D eigenvalue weighted by atomic mass is 16.2. The number of hydrogen-bond acceptors (Lipinski definition) is 2. The number of hydrogen-bond donors (Lipinski definition) is 1. The van der Waals surface area contributed by atoms with Crippen molar-refractivity contribution in [3.8, 4) is 6.07 Å². The molecule has 3 rings (SSSR count). The Bertz CT molecular complexity index is 392. The minimum absolute atomic E-state index is 0.184. The van der Waals surface area contributed by atoms with Gasteiger partial charge in [0, 0.05) is 5.92 Å². The molecule has 3 fully saturated rings. The second-order valence-corrected chi connectivity index (χ2v) is 7.09. The van der Waals surface area contributed by atoms with Gasteiger partial charge in [0.1, 0.15) is 5.54 Å². The maximum Gasteiger partial charge on any atom is 0.224 e. The molecule has 0 bridgehead atoms. The molecule has 1 amide bonds. The summed E-state index contributed by atoms with van der Waals surface area (Å²) in [5.74, 6) is 1.68. The van der Waals surface area contributed by atoms with Gasteiger partial charge >= 0.3 is 0 Å². The number of nitrogens with one attached hydrogen (secondary N) is 1. The fourth-order valence-corrected chi connectivity index (χ4v) is 4.47. The monoisotopic (exact) mass is 274 g/mol. The molecule has 3 heteroatoms. The second-order valence-electron chi connectivity index (χ2n) is 7.09. The summed E-state index contributed by atoms with van der Waals surface area (Å²) in [5.41, 5.74) is -0.566. The summed E-state index contributed by atoms with van der Waals surface area (Å²) >= 11 is 0. The summed E-state index contributed by atoms with van der Waals surface area (Å²) in [4.78, 5) is 12.5. The van der Waals surface area contributed by atoms with Crippen molar-refractivity contribution in [2.24, 2.45) is 17.8 Å². The van der Waals surface area contributed by atoms with E-state index in [1.807, 2.05) is 0 Å². The van der Waals surface area contributed by atoms with Crippen molar-refractivity contribution in [3.05, 3.63) is 0 Å². The maximum atomic E-state index is 12.5. The van der Waals surface area contributed by atoms with Crippen molar-refractivity contribution in [3.63, 3.8) is 0 Å². The summed E-state index contributed by atoms with van der Waals surface area (Å²) < 4.78 is 0. The Balaban J connectivity index is 1.62. The topological polar surface area (TPSA) is 52.9 Å². The zero-order valence-corrected chi connectivity index (χ0v) is 12.4. The molecular weight excluding hydrogens is 248 g/mol. The highest BCUT2D eigenvalue weighted by Crippen LogP contribution is 2.55. The fourth-order valence-electron chi connectivity index (χ4n) is 4.47. The zero-order valence-electron chi connectivity index (χ0n) is 12.4. The fraction of sp³-hybridized carbons (Fsp3) is 0.882. The Morgan fingerprint density at radius 1 is 0.950 bits per heavy atom. The zero-order chi connectivity index (χ0) is 14.0. The molecule has 2 unspecified atom stereocenters. The molecule has 2 atom stereocenters. The number of carbonyl (C=O) groups excluding carboxylic acids is 1. The van der Waals surface area contributed by atoms with Crippen molar-refractivity contribution in [1.29, 1.82) is 5.26 Å². The first-order chi connectivity index (χ1) is 9.76. The van der Waals surface area contributed by atoms with Crippen LogP contribution in [-0.2, 0) is 4.79 Å². The van der Waals surface area contributed by atoms with Crippen molar-refractivity contribution < 1.29 is 4.79 Å².